The van der Waals surface area contributed by atoms with Gasteiger partial charge in [-0.2, -0.15) is 5.10 Å². The molecule has 1 heterocycles. The molecule has 5 rings (SSSR count). The van der Waals surface area contributed by atoms with Crippen LogP contribution in [0.1, 0.15) is 37.5 Å². The number of aryl methyl sites for hydroxylation is 2. The standard InChI is InChI=1S/C31H22Br2ClN3O3/c1-17-13-18(2)28-24(14-17)27(23-5-3-4-6-25(23)34)29(36-28)30(38)37-35-16-20-15-22(33)11-12-26(20)40-31(39)19-7-9-21(32)10-8-19/h3-16,36H,1-2H3,(H,37,38). The molecule has 0 aliphatic carbocycles. The topological polar surface area (TPSA) is 83.6 Å². The zero-order valence-corrected chi connectivity index (χ0v) is 25.3. The molecular formula is C31H22Br2ClN3O3. The van der Waals surface area contributed by atoms with Crippen LogP contribution in [0.4, 0.5) is 0 Å². The number of halogens is 3. The summed E-state index contributed by atoms with van der Waals surface area (Å²) in [6.45, 7) is 4.01. The van der Waals surface area contributed by atoms with Crippen LogP contribution in [-0.4, -0.2) is 23.1 Å². The van der Waals surface area contributed by atoms with E-state index in [-0.39, 0.29) is 0 Å². The Morgan fingerprint density at radius 1 is 0.950 bits per heavy atom. The summed E-state index contributed by atoms with van der Waals surface area (Å²) in [5.41, 5.74) is 8.21. The Bertz CT molecular complexity index is 1800. The maximum absolute atomic E-state index is 13.5. The Hall–Kier alpha value is -3.72. The van der Waals surface area contributed by atoms with Gasteiger partial charge in [-0.05, 0) is 74.0 Å². The lowest BCUT2D eigenvalue weighted by Crippen LogP contribution is -2.19. The van der Waals surface area contributed by atoms with Gasteiger partial charge in [0.15, 0.2) is 0 Å². The SMILES string of the molecule is Cc1cc(C)c2[nH]c(C(=O)NN=Cc3cc(Br)ccc3OC(=O)c3ccc(Br)cc3)c(-c3ccccc3Cl)c2c1. The number of nitrogens with zero attached hydrogens (tertiary/aromatic N) is 1. The minimum atomic E-state index is -0.512. The highest BCUT2D eigenvalue weighted by Crippen LogP contribution is 2.38. The number of carbonyl (C=O) groups excluding carboxylic acids is 2. The van der Waals surface area contributed by atoms with Gasteiger partial charge in [0.05, 0.1) is 11.8 Å². The van der Waals surface area contributed by atoms with Crippen LogP contribution in [0.15, 0.2) is 92.9 Å². The fourth-order valence-electron chi connectivity index (χ4n) is 4.44. The van der Waals surface area contributed by atoms with Crippen molar-refractivity contribution in [2.45, 2.75) is 13.8 Å². The number of hydrazone groups is 1. The first kappa shape index (κ1) is 27.8. The number of benzene rings is 4. The van der Waals surface area contributed by atoms with Gasteiger partial charge in [0.25, 0.3) is 5.91 Å². The third kappa shape index (κ3) is 5.89. The van der Waals surface area contributed by atoms with Gasteiger partial charge in [0.2, 0.25) is 0 Å². The second-order valence-electron chi connectivity index (χ2n) is 9.14. The molecule has 2 N–H and O–H groups in total. The fraction of sp³-hybridized carbons (Fsp3) is 0.0645. The quantitative estimate of drug-likeness (QED) is 0.0816. The molecule has 1 amide bonds. The highest BCUT2D eigenvalue weighted by atomic mass is 79.9. The Morgan fingerprint density at radius 2 is 1.68 bits per heavy atom. The minimum absolute atomic E-state index is 0.294. The van der Waals surface area contributed by atoms with E-state index in [2.05, 4.69) is 53.4 Å². The lowest BCUT2D eigenvalue weighted by Gasteiger charge is -2.09. The first-order valence-corrected chi connectivity index (χ1v) is 14.2. The number of hydrogen-bond acceptors (Lipinski definition) is 4. The molecule has 6 nitrogen and oxygen atoms in total. The number of aromatic nitrogens is 1. The predicted molar refractivity (Wildman–Crippen MR) is 167 cm³/mol. The van der Waals surface area contributed by atoms with E-state index < -0.39 is 11.9 Å². The number of fused-ring (bicyclic) bond motifs is 1. The molecule has 0 aliphatic heterocycles. The molecule has 0 spiro atoms. The first-order chi connectivity index (χ1) is 19.2. The second kappa shape index (κ2) is 11.8. The second-order valence-corrected chi connectivity index (χ2v) is 11.4. The summed E-state index contributed by atoms with van der Waals surface area (Å²) < 4.78 is 7.23. The van der Waals surface area contributed by atoms with E-state index in [9.17, 15) is 9.59 Å². The summed E-state index contributed by atoms with van der Waals surface area (Å²) in [4.78, 5) is 29.4. The van der Waals surface area contributed by atoms with Crippen molar-refractivity contribution in [2.24, 2.45) is 5.10 Å². The average Bonchev–Trinajstić information content (AvgIpc) is 3.30. The van der Waals surface area contributed by atoms with Crippen molar-refractivity contribution in [1.82, 2.24) is 10.4 Å². The fourth-order valence-corrected chi connectivity index (χ4v) is 5.31. The van der Waals surface area contributed by atoms with E-state index in [0.717, 1.165) is 36.5 Å². The zero-order valence-electron chi connectivity index (χ0n) is 21.4. The molecule has 1 aromatic heterocycles. The third-order valence-electron chi connectivity index (χ3n) is 6.24. The highest BCUT2D eigenvalue weighted by molar-refractivity contribution is 9.10. The Kier molecular flexibility index (Phi) is 8.21. The van der Waals surface area contributed by atoms with Crippen LogP contribution in [-0.2, 0) is 0 Å². The number of esters is 1. The number of carbonyl (C=O) groups is 2. The predicted octanol–water partition coefficient (Wildman–Crippen LogP) is 8.61. The van der Waals surface area contributed by atoms with Crippen LogP contribution >= 0.6 is 43.5 Å². The van der Waals surface area contributed by atoms with Gasteiger partial charge in [-0.25, -0.2) is 10.2 Å². The van der Waals surface area contributed by atoms with Crippen LogP contribution in [0.3, 0.4) is 0 Å². The Labute approximate surface area is 252 Å². The number of amides is 1. The number of hydrogen-bond donors (Lipinski definition) is 2. The molecule has 40 heavy (non-hydrogen) atoms. The first-order valence-electron chi connectivity index (χ1n) is 12.2. The van der Waals surface area contributed by atoms with E-state index >= 15 is 0 Å². The summed E-state index contributed by atoms with van der Waals surface area (Å²) >= 11 is 13.4. The smallest absolute Gasteiger partial charge is 0.343 e. The van der Waals surface area contributed by atoms with Crippen molar-refractivity contribution < 1.29 is 14.3 Å². The summed E-state index contributed by atoms with van der Waals surface area (Å²) in [5.74, 6) is -0.660. The van der Waals surface area contributed by atoms with Crippen molar-refractivity contribution in [3.05, 3.63) is 121 Å². The minimum Gasteiger partial charge on any atom is -0.422 e. The van der Waals surface area contributed by atoms with Gasteiger partial charge in [0.1, 0.15) is 11.4 Å². The monoisotopic (exact) mass is 677 g/mol. The number of rotatable bonds is 6. The molecule has 0 fully saturated rings. The molecule has 200 valence electrons. The average molecular weight is 680 g/mol. The molecule has 0 saturated heterocycles. The number of H-pyrrole nitrogens is 1. The number of aromatic amines is 1. The maximum atomic E-state index is 13.5. The number of ether oxygens (including phenoxy) is 1. The lowest BCUT2D eigenvalue weighted by atomic mass is 9.99. The molecule has 5 aromatic rings. The Morgan fingerprint density at radius 3 is 2.42 bits per heavy atom. The van der Waals surface area contributed by atoms with E-state index in [1.807, 2.05) is 38.1 Å². The highest BCUT2D eigenvalue weighted by Gasteiger charge is 2.22. The molecule has 9 heteroatoms. The van der Waals surface area contributed by atoms with Gasteiger partial charge in [0, 0.05) is 41.6 Å². The van der Waals surface area contributed by atoms with Crippen molar-refractivity contribution in [3.63, 3.8) is 0 Å². The third-order valence-corrected chi connectivity index (χ3v) is 7.60. The normalized spacial score (nSPS) is 11.2. The molecule has 0 bridgehead atoms. The molecular weight excluding hydrogens is 658 g/mol. The van der Waals surface area contributed by atoms with Crippen molar-refractivity contribution >= 4 is 72.5 Å². The molecule has 0 saturated carbocycles. The maximum Gasteiger partial charge on any atom is 0.343 e. The van der Waals surface area contributed by atoms with Gasteiger partial charge >= 0.3 is 5.97 Å². The van der Waals surface area contributed by atoms with Gasteiger partial charge < -0.3 is 9.72 Å². The molecule has 4 aromatic carbocycles. The molecule has 0 radical (unpaired) electrons. The molecule has 0 aliphatic rings. The summed E-state index contributed by atoms with van der Waals surface area (Å²) in [6.07, 6.45) is 1.43. The van der Waals surface area contributed by atoms with Crippen LogP contribution in [0, 0.1) is 13.8 Å². The van der Waals surface area contributed by atoms with Crippen molar-refractivity contribution in [2.75, 3.05) is 0 Å². The van der Waals surface area contributed by atoms with Gasteiger partial charge in [-0.3, -0.25) is 4.79 Å². The van der Waals surface area contributed by atoms with Gasteiger partial charge in [-0.1, -0.05) is 73.3 Å². The molecule has 0 atom stereocenters. The van der Waals surface area contributed by atoms with E-state index in [1.54, 1.807) is 48.5 Å². The summed E-state index contributed by atoms with van der Waals surface area (Å²) in [7, 11) is 0. The summed E-state index contributed by atoms with van der Waals surface area (Å²) in [6, 6.07) is 23.5. The lowest BCUT2D eigenvalue weighted by molar-refractivity contribution is 0.0734. The van der Waals surface area contributed by atoms with E-state index in [1.165, 1.54) is 6.21 Å². The van der Waals surface area contributed by atoms with Crippen molar-refractivity contribution in [1.29, 1.82) is 0 Å². The van der Waals surface area contributed by atoms with E-state index in [4.69, 9.17) is 16.3 Å². The van der Waals surface area contributed by atoms with Crippen LogP contribution < -0.4 is 10.2 Å². The largest absolute Gasteiger partial charge is 0.422 e. The number of nitrogens with one attached hydrogen (secondary N) is 2. The van der Waals surface area contributed by atoms with Gasteiger partial charge in [-0.15, -0.1) is 0 Å². The Balaban J connectivity index is 1.45. The summed E-state index contributed by atoms with van der Waals surface area (Å²) in [5, 5.41) is 5.61. The van der Waals surface area contributed by atoms with Crippen LogP contribution in [0.5, 0.6) is 5.75 Å². The molecule has 0 unspecified atom stereocenters. The van der Waals surface area contributed by atoms with Crippen molar-refractivity contribution in [3.8, 4) is 16.9 Å². The van der Waals surface area contributed by atoms with Crippen LogP contribution in [0.2, 0.25) is 5.02 Å². The van der Waals surface area contributed by atoms with E-state index in [0.29, 0.717) is 33.2 Å². The zero-order chi connectivity index (χ0) is 28.4. The van der Waals surface area contributed by atoms with Crippen LogP contribution in [0.25, 0.3) is 22.0 Å².